The first-order valence-electron chi connectivity index (χ1n) is 8.50. The molecule has 0 aliphatic heterocycles. The number of hydrogen-bond acceptors (Lipinski definition) is 5. The zero-order chi connectivity index (χ0) is 20.0. The van der Waals surface area contributed by atoms with Crippen LogP contribution >= 0.6 is 11.6 Å². The van der Waals surface area contributed by atoms with Gasteiger partial charge < -0.3 is 14.6 Å². The molecular formula is C20H23ClN2O4. The number of phenolic OH excluding ortho intramolecular Hbond substituents is 1. The molecular weight excluding hydrogens is 368 g/mol. The Bertz CT molecular complexity index is 866. The second-order valence-corrected chi connectivity index (χ2v) is 6.43. The van der Waals surface area contributed by atoms with Gasteiger partial charge in [0, 0.05) is 0 Å². The number of nitrogens with one attached hydrogen (secondary N) is 1. The second-order valence-electron chi connectivity index (χ2n) is 6.02. The molecule has 0 aliphatic rings. The molecule has 0 aromatic heterocycles. The summed E-state index contributed by atoms with van der Waals surface area (Å²) in [6.07, 6.45) is 1.41. The monoisotopic (exact) mass is 390 g/mol. The van der Waals surface area contributed by atoms with E-state index in [0.717, 1.165) is 16.7 Å². The van der Waals surface area contributed by atoms with Crippen molar-refractivity contribution in [1.29, 1.82) is 0 Å². The number of hydrogen-bond donors (Lipinski definition) is 2. The van der Waals surface area contributed by atoms with Gasteiger partial charge in [-0.25, -0.2) is 5.43 Å². The zero-order valence-corrected chi connectivity index (χ0v) is 16.6. The Labute approximate surface area is 163 Å². The quantitative estimate of drug-likeness (QED) is 0.555. The van der Waals surface area contributed by atoms with Crippen LogP contribution in [0.1, 0.15) is 29.2 Å². The number of ether oxygens (including phenoxy) is 2. The minimum Gasteiger partial charge on any atom is -0.503 e. The van der Waals surface area contributed by atoms with Crippen molar-refractivity contribution in [3.63, 3.8) is 0 Å². The molecule has 0 spiro atoms. The van der Waals surface area contributed by atoms with Crippen LogP contribution < -0.4 is 14.9 Å². The number of carbonyl (C=O) groups excluding carboxylic acids is 1. The van der Waals surface area contributed by atoms with Crippen LogP contribution in [0.2, 0.25) is 5.02 Å². The summed E-state index contributed by atoms with van der Waals surface area (Å²) in [5.41, 5.74) is 6.05. The van der Waals surface area contributed by atoms with E-state index in [-0.39, 0.29) is 29.0 Å². The Kier molecular flexibility index (Phi) is 7.07. The SMILES string of the molecule is CCOc1cc(/C=N\NC(=O)COc2c(C)ccc(C)c2C)cc(Cl)c1O. The first-order valence-corrected chi connectivity index (χ1v) is 8.88. The van der Waals surface area contributed by atoms with Gasteiger partial charge in [0.25, 0.3) is 5.91 Å². The van der Waals surface area contributed by atoms with Gasteiger partial charge in [-0.3, -0.25) is 4.79 Å². The Hall–Kier alpha value is -2.73. The minimum atomic E-state index is -0.388. The van der Waals surface area contributed by atoms with Crippen LogP contribution in [0.4, 0.5) is 0 Å². The van der Waals surface area contributed by atoms with Gasteiger partial charge in [-0.15, -0.1) is 0 Å². The molecule has 0 bridgehead atoms. The normalized spacial score (nSPS) is 10.9. The highest BCUT2D eigenvalue weighted by Crippen LogP contribution is 2.34. The van der Waals surface area contributed by atoms with Crippen molar-refractivity contribution in [2.75, 3.05) is 13.2 Å². The van der Waals surface area contributed by atoms with E-state index in [9.17, 15) is 9.90 Å². The summed E-state index contributed by atoms with van der Waals surface area (Å²) in [6, 6.07) is 7.07. The molecule has 0 radical (unpaired) electrons. The van der Waals surface area contributed by atoms with E-state index in [1.165, 1.54) is 12.3 Å². The molecule has 6 nitrogen and oxygen atoms in total. The molecule has 0 saturated carbocycles. The molecule has 0 fully saturated rings. The average Bonchev–Trinajstić information content (AvgIpc) is 2.62. The van der Waals surface area contributed by atoms with Gasteiger partial charge in [0.15, 0.2) is 18.1 Å². The smallest absolute Gasteiger partial charge is 0.277 e. The lowest BCUT2D eigenvalue weighted by molar-refractivity contribution is -0.123. The lowest BCUT2D eigenvalue weighted by Crippen LogP contribution is -2.25. The summed E-state index contributed by atoms with van der Waals surface area (Å²) < 4.78 is 10.9. The minimum absolute atomic E-state index is 0.128. The van der Waals surface area contributed by atoms with Crippen LogP contribution in [0.15, 0.2) is 29.4 Å². The van der Waals surface area contributed by atoms with Crippen LogP contribution in [0.5, 0.6) is 17.2 Å². The molecule has 2 rings (SSSR count). The van der Waals surface area contributed by atoms with E-state index >= 15 is 0 Å². The first kappa shape index (κ1) is 20.6. The summed E-state index contributed by atoms with van der Waals surface area (Å²) >= 11 is 5.96. The van der Waals surface area contributed by atoms with Crippen molar-refractivity contribution in [1.82, 2.24) is 5.43 Å². The number of benzene rings is 2. The molecule has 7 heteroatoms. The van der Waals surface area contributed by atoms with E-state index < -0.39 is 0 Å². The maximum Gasteiger partial charge on any atom is 0.277 e. The lowest BCUT2D eigenvalue weighted by atomic mass is 10.1. The molecule has 0 unspecified atom stereocenters. The van der Waals surface area contributed by atoms with Gasteiger partial charge in [0.05, 0.1) is 17.8 Å². The van der Waals surface area contributed by atoms with Crippen molar-refractivity contribution in [2.24, 2.45) is 5.10 Å². The number of phenols is 1. The maximum atomic E-state index is 12.0. The Morgan fingerprint density at radius 2 is 1.93 bits per heavy atom. The fraction of sp³-hybridized carbons (Fsp3) is 0.300. The number of amides is 1. The summed E-state index contributed by atoms with van der Waals surface area (Å²) in [7, 11) is 0. The topological polar surface area (TPSA) is 80.2 Å². The molecule has 27 heavy (non-hydrogen) atoms. The third-order valence-electron chi connectivity index (χ3n) is 3.97. The van der Waals surface area contributed by atoms with Gasteiger partial charge in [0.2, 0.25) is 0 Å². The fourth-order valence-corrected chi connectivity index (χ4v) is 2.65. The largest absolute Gasteiger partial charge is 0.503 e. The summed E-state index contributed by atoms with van der Waals surface area (Å²) in [5.74, 6) is 0.450. The van der Waals surface area contributed by atoms with Crippen LogP contribution in [0.3, 0.4) is 0 Å². The van der Waals surface area contributed by atoms with Gasteiger partial charge in [-0.2, -0.15) is 5.10 Å². The summed E-state index contributed by atoms with van der Waals surface area (Å²) in [4.78, 5) is 12.0. The molecule has 0 aliphatic carbocycles. The van der Waals surface area contributed by atoms with E-state index in [0.29, 0.717) is 17.9 Å². The average molecular weight is 391 g/mol. The van der Waals surface area contributed by atoms with Crippen molar-refractivity contribution in [3.8, 4) is 17.2 Å². The molecule has 0 saturated heterocycles. The molecule has 0 atom stereocenters. The van der Waals surface area contributed by atoms with Gasteiger partial charge in [-0.1, -0.05) is 23.7 Å². The van der Waals surface area contributed by atoms with Crippen LogP contribution in [-0.4, -0.2) is 30.4 Å². The van der Waals surface area contributed by atoms with Crippen LogP contribution in [0, 0.1) is 20.8 Å². The predicted molar refractivity (Wildman–Crippen MR) is 106 cm³/mol. The highest BCUT2D eigenvalue weighted by Gasteiger charge is 2.10. The third-order valence-corrected chi connectivity index (χ3v) is 4.26. The lowest BCUT2D eigenvalue weighted by Gasteiger charge is -2.13. The van der Waals surface area contributed by atoms with E-state index in [2.05, 4.69) is 10.5 Å². The summed E-state index contributed by atoms with van der Waals surface area (Å²) in [5, 5.41) is 13.9. The molecule has 2 aromatic rings. The Balaban J connectivity index is 1.97. The molecule has 144 valence electrons. The number of halogens is 1. The number of aromatic hydroxyl groups is 1. The van der Waals surface area contributed by atoms with Gasteiger partial charge >= 0.3 is 0 Å². The highest BCUT2D eigenvalue weighted by atomic mass is 35.5. The van der Waals surface area contributed by atoms with Crippen LogP contribution in [0.25, 0.3) is 0 Å². The van der Waals surface area contributed by atoms with Crippen molar-refractivity contribution in [2.45, 2.75) is 27.7 Å². The zero-order valence-electron chi connectivity index (χ0n) is 15.8. The predicted octanol–water partition coefficient (Wildman–Crippen LogP) is 3.90. The van der Waals surface area contributed by atoms with Gasteiger partial charge in [-0.05, 0) is 62.1 Å². The third kappa shape index (κ3) is 5.37. The number of carbonyl (C=O) groups is 1. The van der Waals surface area contributed by atoms with Crippen molar-refractivity contribution < 1.29 is 19.4 Å². The van der Waals surface area contributed by atoms with Gasteiger partial charge in [0.1, 0.15) is 5.75 Å². The second kappa shape index (κ2) is 9.28. The maximum absolute atomic E-state index is 12.0. The molecule has 2 aromatic carbocycles. The summed E-state index contributed by atoms with van der Waals surface area (Å²) in [6.45, 7) is 7.91. The first-order chi connectivity index (χ1) is 12.8. The van der Waals surface area contributed by atoms with Crippen molar-refractivity contribution >= 4 is 23.7 Å². The van der Waals surface area contributed by atoms with Crippen LogP contribution in [-0.2, 0) is 4.79 Å². The van der Waals surface area contributed by atoms with E-state index in [4.69, 9.17) is 21.1 Å². The van der Waals surface area contributed by atoms with E-state index in [1.807, 2.05) is 32.9 Å². The Morgan fingerprint density at radius 3 is 2.63 bits per heavy atom. The number of nitrogens with zero attached hydrogens (tertiary/aromatic N) is 1. The molecule has 1 amide bonds. The molecule has 0 heterocycles. The Morgan fingerprint density at radius 1 is 1.22 bits per heavy atom. The number of aryl methyl sites for hydroxylation is 2. The fourth-order valence-electron chi connectivity index (χ4n) is 2.43. The highest BCUT2D eigenvalue weighted by molar-refractivity contribution is 6.32. The van der Waals surface area contributed by atoms with E-state index in [1.54, 1.807) is 13.0 Å². The molecule has 2 N–H and O–H groups in total. The van der Waals surface area contributed by atoms with Crippen molar-refractivity contribution in [3.05, 3.63) is 51.5 Å². The number of hydrazone groups is 1. The number of rotatable bonds is 7. The standard InChI is InChI=1S/C20H23ClN2O4/c1-5-26-17-9-15(8-16(21)19(17)25)10-22-23-18(24)11-27-20-13(3)7-6-12(2)14(20)4/h6-10,25H,5,11H2,1-4H3,(H,23,24)/b22-10-.